The Balaban J connectivity index is 1.79. The van der Waals surface area contributed by atoms with E-state index in [0.29, 0.717) is 28.2 Å². The highest BCUT2D eigenvalue weighted by Crippen LogP contribution is 2.39. The minimum atomic E-state index is -0.393. The summed E-state index contributed by atoms with van der Waals surface area (Å²) in [6, 6.07) is 15.8. The Hall–Kier alpha value is -2.45. The molecule has 1 unspecified atom stereocenters. The monoisotopic (exact) mass is 416 g/mol. The van der Waals surface area contributed by atoms with Crippen molar-refractivity contribution < 1.29 is 9.18 Å². The van der Waals surface area contributed by atoms with Gasteiger partial charge in [-0.3, -0.25) is 4.79 Å². The Bertz CT molecular complexity index is 915. The molecule has 8 heteroatoms. The zero-order valence-corrected chi connectivity index (χ0v) is 17.3. The van der Waals surface area contributed by atoms with Crippen molar-refractivity contribution >= 4 is 39.8 Å². The average Bonchev–Trinajstić information content (AvgIpc) is 3.14. The maximum Gasteiger partial charge on any atom is 0.240 e. The largest absolute Gasteiger partial charge is 0.342 e. The third-order valence-electron chi connectivity index (χ3n) is 4.10. The molecule has 0 bridgehead atoms. The summed E-state index contributed by atoms with van der Waals surface area (Å²) >= 11 is 2.72. The molecule has 1 N–H and O–H groups in total. The van der Waals surface area contributed by atoms with E-state index in [9.17, 15) is 9.18 Å². The van der Waals surface area contributed by atoms with E-state index in [0.717, 1.165) is 5.56 Å². The molecule has 1 aromatic heterocycles. The topological polar surface area (TPSA) is 58.1 Å². The van der Waals surface area contributed by atoms with Gasteiger partial charge in [-0.05, 0) is 37.6 Å². The van der Waals surface area contributed by atoms with Crippen molar-refractivity contribution in [2.75, 3.05) is 18.4 Å². The highest BCUT2D eigenvalue weighted by Gasteiger charge is 2.27. The molecule has 3 aromatic rings. The maximum absolute atomic E-state index is 13.3. The van der Waals surface area contributed by atoms with Gasteiger partial charge >= 0.3 is 0 Å². The van der Waals surface area contributed by atoms with Crippen LogP contribution in [-0.4, -0.2) is 34.1 Å². The van der Waals surface area contributed by atoms with Crippen molar-refractivity contribution in [2.45, 2.75) is 23.4 Å². The summed E-state index contributed by atoms with van der Waals surface area (Å²) in [4.78, 5) is 14.9. The third kappa shape index (κ3) is 5.08. The molecule has 5 nitrogen and oxygen atoms in total. The molecule has 3 rings (SSSR count). The Morgan fingerprint density at radius 3 is 2.57 bits per heavy atom. The van der Waals surface area contributed by atoms with Gasteiger partial charge in [-0.2, -0.15) is 0 Å². The highest BCUT2D eigenvalue weighted by molar-refractivity contribution is 8.01. The first-order valence-corrected chi connectivity index (χ1v) is 10.7. The van der Waals surface area contributed by atoms with Gasteiger partial charge in [0.25, 0.3) is 0 Å². The van der Waals surface area contributed by atoms with Crippen LogP contribution in [0.15, 0.2) is 58.9 Å². The van der Waals surface area contributed by atoms with Crippen LogP contribution in [0.4, 0.5) is 15.2 Å². The first kappa shape index (κ1) is 20.3. The van der Waals surface area contributed by atoms with Gasteiger partial charge in [0.2, 0.25) is 11.0 Å². The van der Waals surface area contributed by atoms with Crippen molar-refractivity contribution in [3.05, 3.63) is 66.0 Å². The van der Waals surface area contributed by atoms with E-state index in [2.05, 4.69) is 15.5 Å². The summed E-state index contributed by atoms with van der Waals surface area (Å²) in [5, 5.41) is 11.5. The molecule has 0 saturated carbocycles. The number of aromatic nitrogens is 2. The normalized spacial score (nSPS) is 11.8. The van der Waals surface area contributed by atoms with Gasteiger partial charge in [-0.1, -0.05) is 59.5 Å². The summed E-state index contributed by atoms with van der Waals surface area (Å²) in [5.74, 6) is -0.269. The van der Waals surface area contributed by atoms with Gasteiger partial charge in [0, 0.05) is 18.8 Å². The number of nitrogens with one attached hydrogen (secondary N) is 1. The summed E-state index contributed by atoms with van der Waals surface area (Å²) in [6.07, 6.45) is 0. The highest BCUT2D eigenvalue weighted by atomic mass is 32.2. The van der Waals surface area contributed by atoms with Crippen LogP contribution in [0.1, 0.15) is 24.7 Å². The smallest absolute Gasteiger partial charge is 0.240 e. The molecule has 0 aliphatic heterocycles. The van der Waals surface area contributed by atoms with Gasteiger partial charge in [-0.15, -0.1) is 10.2 Å². The van der Waals surface area contributed by atoms with Gasteiger partial charge in [-0.25, -0.2) is 4.39 Å². The van der Waals surface area contributed by atoms with Gasteiger partial charge in [0.15, 0.2) is 4.34 Å². The fraction of sp³-hybridized carbons (Fsp3) is 0.250. The first-order valence-electron chi connectivity index (χ1n) is 8.97. The zero-order valence-electron chi connectivity index (χ0n) is 15.6. The Labute approximate surface area is 172 Å². The number of benzene rings is 2. The number of anilines is 2. The Kier molecular flexibility index (Phi) is 7.00. The van der Waals surface area contributed by atoms with Crippen LogP contribution in [0.3, 0.4) is 0 Å². The van der Waals surface area contributed by atoms with Crippen LogP contribution in [0.25, 0.3) is 0 Å². The summed E-state index contributed by atoms with van der Waals surface area (Å²) in [5.41, 5.74) is 1.53. The molecule has 1 atom stereocenters. The molecule has 1 amide bonds. The van der Waals surface area contributed by atoms with Crippen molar-refractivity contribution in [1.29, 1.82) is 0 Å². The molecule has 0 aliphatic rings. The maximum atomic E-state index is 13.3. The fourth-order valence-electron chi connectivity index (χ4n) is 2.69. The van der Waals surface area contributed by atoms with Gasteiger partial charge in [0.05, 0.1) is 0 Å². The Morgan fingerprint density at radius 1 is 1.14 bits per heavy atom. The number of rotatable bonds is 8. The lowest BCUT2D eigenvalue weighted by atomic mass is 10.1. The van der Waals surface area contributed by atoms with Crippen LogP contribution in [0, 0.1) is 5.82 Å². The van der Waals surface area contributed by atoms with Crippen LogP contribution < -0.4 is 5.32 Å². The van der Waals surface area contributed by atoms with E-state index in [4.69, 9.17) is 0 Å². The number of amides is 1. The third-order valence-corrected chi connectivity index (χ3v) is 6.27. The lowest BCUT2D eigenvalue weighted by Gasteiger charge is -2.24. The molecular formula is C20H21FN4OS2. The minimum Gasteiger partial charge on any atom is -0.342 e. The van der Waals surface area contributed by atoms with Crippen molar-refractivity contribution in [3.8, 4) is 0 Å². The van der Waals surface area contributed by atoms with Gasteiger partial charge < -0.3 is 10.2 Å². The molecule has 0 radical (unpaired) electrons. The minimum absolute atomic E-state index is 0.0519. The van der Waals surface area contributed by atoms with E-state index in [1.165, 1.54) is 35.2 Å². The molecule has 2 aromatic carbocycles. The summed E-state index contributed by atoms with van der Waals surface area (Å²) < 4.78 is 14.0. The van der Waals surface area contributed by atoms with E-state index < -0.39 is 5.25 Å². The molecule has 28 heavy (non-hydrogen) atoms. The second-order valence-electron chi connectivity index (χ2n) is 5.93. The van der Waals surface area contributed by atoms with Crippen molar-refractivity contribution in [2.24, 2.45) is 0 Å². The number of likely N-dealkylation sites (N-methyl/N-ethyl adjacent to an activating group) is 1. The van der Waals surface area contributed by atoms with Crippen LogP contribution in [0.2, 0.25) is 0 Å². The average molecular weight is 417 g/mol. The molecule has 0 spiro atoms. The predicted octanol–water partition coefficient (Wildman–Crippen LogP) is 5.12. The van der Waals surface area contributed by atoms with Crippen molar-refractivity contribution in [1.82, 2.24) is 15.1 Å². The number of halogens is 1. The van der Waals surface area contributed by atoms with E-state index in [1.54, 1.807) is 12.1 Å². The SMILES string of the molecule is CCN(CC)C(=O)C(Sc1nnc(Nc2cccc(F)c2)s1)c1ccccc1. The molecule has 0 fully saturated rings. The molecular weight excluding hydrogens is 395 g/mol. The van der Waals surface area contributed by atoms with E-state index >= 15 is 0 Å². The van der Waals surface area contributed by atoms with Gasteiger partial charge in [0.1, 0.15) is 11.1 Å². The first-order chi connectivity index (χ1) is 13.6. The standard InChI is InChI=1S/C20H21FN4OS2/c1-3-25(4-2)18(26)17(14-9-6-5-7-10-14)27-20-24-23-19(28-20)22-16-12-8-11-15(21)13-16/h5-13,17H,3-4H2,1-2H3,(H,22,23). The lowest BCUT2D eigenvalue weighted by molar-refractivity contribution is -0.130. The molecule has 1 heterocycles. The fourth-order valence-corrected chi connectivity index (χ4v) is 4.74. The predicted molar refractivity (Wildman–Crippen MR) is 113 cm³/mol. The Morgan fingerprint density at radius 2 is 1.89 bits per heavy atom. The molecule has 0 aliphatic carbocycles. The summed E-state index contributed by atoms with van der Waals surface area (Å²) in [7, 11) is 0. The quantitative estimate of drug-likeness (QED) is 0.516. The lowest BCUT2D eigenvalue weighted by Crippen LogP contribution is -2.33. The second kappa shape index (κ2) is 9.66. The number of nitrogens with zero attached hydrogens (tertiary/aromatic N) is 3. The number of carbonyl (C=O) groups excluding carboxylic acids is 1. The van der Waals surface area contributed by atoms with E-state index in [-0.39, 0.29) is 11.7 Å². The molecule has 0 saturated heterocycles. The van der Waals surface area contributed by atoms with Crippen LogP contribution >= 0.6 is 23.1 Å². The molecule has 146 valence electrons. The number of hydrogen-bond donors (Lipinski definition) is 1. The van der Waals surface area contributed by atoms with Crippen LogP contribution in [-0.2, 0) is 4.79 Å². The summed E-state index contributed by atoms with van der Waals surface area (Å²) in [6.45, 7) is 5.25. The number of carbonyl (C=O) groups is 1. The zero-order chi connectivity index (χ0) is 19.9. The van der Waals surface area contributed by atoms with Crippen molar-refractivity contribution in [3.63, 3.8) is 0 Å². The second-order valence-corrected chi connectivity index (χ2v) is 8.26. The number of thioether (sulfide) groups is 1. The van der Waals surface area contributed by atoms with E-state index in [1.807, 2.05) is 49.1 Å². The van der Waals surface area contributed by atoms with Crippen LogP contribution in [0.5, 0.6) is 0 Å². The number of hydrogen-bond acceptors (Lipinski definition) is 6.